The van der Waals surface area contributed by atoms with Crippen LogP contribution in [0, 0.1) is 0 Å². The largest absolute Gasteiger partial charge is 0.508 e. The van der Waals surface area contributed by atoms with E-state index >= 15 is 0 Å². The van der Waals surface area contributed by atoms with Crippen LogP contribution in [-0.4, -0.2) is 21.2 Å². The van der Waals surface area contributed by atoms with Crippen LogP contribution < -0.4 is 0 Å². The average Bonchev–Trinajstić information content (AvgIpc) is 2.46. The number of halogens is 1. The van der Waals surface area contributed by atoms with Gasteiger partial charge in [-0.05, 0) is 48.5 Å². The molecule has 0 spiro atoms. The van der Waals surface area contributed by atoms with Gasteiger partial charge in [0.1, 0.15) is 5.75 Å². The number of pyridine rings is 1. The number of hydrogen-bond donors (Lipinski definition) is 2. The van der Waals surface area contributed by atoms with Gasteiger partial charge in [-0.15, -0.1) is 0 Å². The van der Waals surface area contributed by atoms with Crippen molar-refractivity contribution in [2.24, 2.45) is 0 Å². The van der Waals surface area contributed by atoms with Gasteiger partial charge in [-0.1, -0.05) is 11.6 Å². The van der Waals surface area contributed by atoms with Crippen molar-refractivity contribution in [2.45, 2.75) is 0 Å². The molecule has 1 aromatic heterocycles. The average molecular weight is 300 g/mol. The Balaban J connectivity index is 2.28. The minimum absolute atomic E-state index is 0.143. The number of rotatable bonds is 2. The quantitative estimate of drug-likeness (QED) is 0.751. The van der Waals surface area contributed by atoms with Crippen LogP contribution in [0.2, 0.25) is 5.02 Å². The third kappa shape index (κ3) is 2.53. The van der Waals surface area contributed by atoms with Crippen LogP contribution in [0.15, 0.2) is 48.5 Å². The van der Waals surface area contributed by atoms with Crippen LogP contribution in [0.4, 0.5) is 0 Å². The van der Waals surface area contributed by atoms with E-state index in [1.807, 2.05) is 0 Å². The second-order valence-electron chi connectivity index (χ2n) is 4.57. The predicted molar refractivity (Wildman–Crippen MR) is 80.8 cm³/mol. The second kappa shape index (κ2) is 5.07. The van der Waals surface area contributed by atoms with Gasteiger partial charge in [-0.25, -0.2) is 9.78 Å². The van der Waals surface area contributed by atoms with Gasteiger partial charge in [0.05, 0.1) is 16.8 Å². The van der Waals surface area contributed by atoms with E-state index in [0.717, 1.165) is 5.56 Å². The van der Waals surface area contributed by atoms with E-state index in [9.17, 15) is 15.0 Å². The maximum atomic E-state index is 11.5. The maximum absolute atomic E-state index is 11.5. The first-order chi connectivity index (χ1) is 10.0. The molecule has 4 nitrogen and oxygen atoms in total. The van der Waals surface area contributed by atoms with Crippen LogP contribution in [-0.2, 0) is 0 Å². The molecule has 0 amide bonds. The summed E-state index contributed by atoms with van der Waals surface area (Å²) in [5.41, 5.74) is 1.96. The molecule has 0 unspecified atom stereocenters. The summed E-state index contributed by atoms with van der Waals surface area (Å²) in [5.74, 6) is -0.894. The Morgan fingerprint density at radius 3 is 2.43 bits per heavy atom. The molecule has 3 rings (SSSR count). The van der Waals surface area contributed by atoms with Crippen LogP contribution in [0.1, 0.15) is 10.4 Å². The molecule has 5 heteroatoms. The van der Waals surface area contributed by atoms with Crippen molar-refractivity contribution in [2.75, 3.05) is 0 Å². The molecular weight excluding hydrogens is 290 g/mol. The van der Waals surface area contributed by atoms with Gasteiger partial charge >= 0.3 is 5.97 Å². The lowest BCUT2D eigenvalue weighted by atomic mass is 10.0. The number of carbonyl (C=O) groups is 1. The summed E-state index contributed by atoms with van der Waals surface area (Å²) in [6.45, 7) is 0. The van der Waals surface area contributed by atoms with E-state index in [1.165, 1.54) is 18.2 Å². The zero-order valence-corrected chi connectivity index (χ0v) is 11.5. The fraction of sp³-hybridized carbons (Fsp3) is 0. The highest BCUT2D eigenvalue weighted by Crippen LogP contribution is 2.27. The van der Waals surface area contributed by atoms with Crippen LogP contribution >= 0.6 is 11.6 Å². The number of carboxylic acid groups (broad SMARTS) is 1. The fourth-order valence-corrected chi connectivity index (χ4v) is 2.33. The molecule has 0 aliphatic rings. The van der Waals surface area contributed by atoms with E-state index < -0.39 is 5.97 Å². The lowest BCUT2D eigenvalue weighted by Crippen LogP contribution is -2.00. The summed E-state index contributed by atoms with van der Waals surface area (Å²) >= 11 is 5.92. The molecule has 0 atom stereocenters. The van der Waals surface area contributed by atoms with E-state index in [-0.39, 0.29) is 11.3 Å². The Morgan fingerprint density at radius 2 is 1.76 bits per heavy atom. The zero-order valence-electron chi connectivity index (χ0n) is 10.7. The Bertz CT molecular complexity index is 844. The van der Waals surface area contributed by atoms with Crippen molar-refractivity contribution in [1.82, 2.24) is 4.98 Å². The van der Waals surface area contributed by atoms with Crippen molar-refractivity contribution in [3.05, 3.63) is 59.1 Å². The van der Waals surface area contributed by atoms with E-state index in [1.54, 1.807) is 30.3 Å². The van der Waals surface area contributed by atoms with Crippen LogP contribution in [0.5, 0.6) is 5.75 Å². The first kappa shape index (κ1) is 13.4. The van der Waals surface area contributed by atoms with E-state index in [4.69, 9.17) is 11.6 Å². The molecule has 2 N–H and O–H groups in total. The number of hydrogen-bond acceptors (Lipinski definition) is 3. The number of aromatic nitrogens is 1. The SMILES string of the molecule is O=C(O)c1cc(-c2ccc(O)cc2)nc2ccc(Cl)cc12. The molecule has 1 heterocycles. The first-order valence-electron chi connectivity index (χ1n) is 6.17. The standard InChI is InChI=1S/C16H10ClNO3/c17-10-3-6-14-12(7-10)13(16(20)21)8-15(18-14)9-1-4-11(19)5-2-9/h1-8,19H,(H,20,21). The lowest BCUT2D eigenvalue weighted by Gasteiger charge is -2.07. The Morgan fingerprint density at radius 1 is 1.05 bits per heavy atom. The monoisotopic (exact) mass is 299 g/mol. The van der Waals surface area contributed by atoms with Gasteiger partial charge < -0.3 is 10.2 Å². The molecule has 0 radical (unpaired) electrons. The molecule has 0 saturated heterocycles. The first-order valence-corrected chi connectivity index (χ1v) is 6.55. The predicted octanol–water partition coefficient (Wildman–Crippen LogP) is 3.96. The maximum Gasteiger partial charge on any atom is 0.336 e. The molecule has 0 saturated carbocycles. The lowest BCUT2D eigenvalue weighted by molar-refractivity contribution is 0.0699. The van der Waals surface area contributed by atoms with Crippen molar-refractivity contribution < 1.29 is 15.0 Å². The highest BCUT2D eigenvalue weighted by atomic mass is 35.5. The molecule has 0 fully saturated rings. The number of aromatic carboxylic acids is 1. The minimum atomic E-state index is -1.04. The van der Waals surface area contributed by atoms with Crippen molar-refractivity contribution in [1.29, 1.82) is 0 Å². The molecule has 0 bridgehead atoms. The summed E-state index contributed by atoms with van der Waals surface area (Å²) in [6.07, 6.45) is 0. The molecular formula is C16H10ClNO3. The number of nitrogens with zero attached hydrogens (tertiary/aromatic N) is 1. The van der Waals surface area contributed by atoms with Crippen LogP contribution in [0.25, 0.3) is 22.2 Å². The summed E-state index contributed by atoms with van der Waals surface area (Å²) in [5, 5.41) is 19.7. The molecule has 21 heavy (non-hydrogen) atoms. The van der Waals surface area contributed by atoms with Crippen molar-refractivity contribution in [3.63, 3.8) is 0 Å². The third-order valence-corrected chi connectivity index (χ3v) is 3.40. The Hall–Kier alpha value is -2.59. The molecule has 104 valence electrons. The number of phenolic OH excluding ortho intramolecular Hbond substituents is 1. The third-order valence-electron chi connectivity index (χ3n) is 3.16. The Labute approximate surface area is 125 Å². The summed E-state index contributed by atoms with van der Waals surface area (Å²) in [6, 6.07) is 12.9. The van der Waals surface area contributed by atoms with Gasteiger partial charge in [-0.3, -0.25) is 0 Å². The smallest absolute Gasteiger partial charge is 0.336 e. The Kier molecular flexibility index (Phi) is 3.23. The number of benzene rings is 2. The van der Waals surface area contributed by atoms with Gasteiger partial charge in [0.2, 0.25) is 0 Å². The van der Waals surface area contributed by atoms with Gasteiger partial charge in [0, 0.05) is 16.0 Å². The molecule has 0 aliphatic heterocycles. The number of aromatic hydroxyl groups is 1. The summed E-state index contributed by atoms with van der Waals surface area (Å²) < 4.78 is 0. The number of carboxylic acids is 1. The van der Waals surface area contributed by atoms with E-state index in [0.29, 0.717) is 21.6 Å². The topological polar surface area (TPSA) is 70.4 Å². The zero-order chi connectivity index (χ0) is 15.0. The normalized spacial score (nSPS) is 10.7. The molecule has 3 aromatic rings. The second-order valence-corrected chi connectivity index (χ2v) is 5.00. The summed E-state index contributed by atoms with van der Waals surface area (Å²) in [4.78, 5) is 15.9. The van der Waals surface area contributed by atoms with Gasteiger partial charge in [0.25, 0.3) is 0 Å². The van der Waals surface area contributed by atoms with Gasteiger partial charge in [-0.2, -0.15) is 0 Å². The number of fused-ring (bicyclic) bond motifs is 1. The molecule has 2 aromatic carbocycles. The highest BCUT2D eigenvalue weighted by molar-refractivity contribution is 6.31. The minimum Gasteiger partial charge on any atom is -0.508 e. The molecule has 0 aliphatic carbocycles. The highest BCUT2D eigenvalue weighted by Gasteiger charge is 2.13. The summed E-state index contributed by atoms with van der Waals surface area (Å²) in [7, 11) is 0. The fourth-order valence-electron chi connectivity index (χ4n) is 2.16. The van der Waals surface area contributed by atoms with Gasteiger partial charge in [0.15, 0.2) is 0 Å². The number of phenols is 1. The van der Waals surface area contributed by atoms with Crippen molar-refractivity contribution in [3.8, 4) is 17.0 Å². The van der Waals surface area contributed by atoms with Crippen LogP contribution in [0.3, 0.4) is 0 Å². The van der Waals surface area contributed by atoms with E-state index in [2.05, 4.69) is 4.98 Å². The van der Waals surface area contributed by atoms with Crippen molar-refractivity contribution >= 4 is 28.5 Å².